The van der Waals surface area contributed by atoms with Crippen molar-refractivity contribution >= 4 is 11.7 Å². The van der Waals surface area contributed by atoms with Crippen LogP contribution in [0.5, 0.6) is 5.75 Å². The van der Waals surface area contributed by atoms with Crippen LogP contribution in [0.4, 0.5) is 10.5 Å². The molecule has 0 spiro atoms. The highest BCUT2D eigenvalue weighted by molar-refractivity contribution is 5.74. The van der Waals surface area contributed by atoms with Crippen LogP contribution in [0.25, 0.3) is 0 Å². The number of rotatable bonds is 4. The van der Waals surface area contributed by atoms with E-state index in [9.17, 15) is 4.79 Å². The van der Waals surface area contributed by atoms with Crippen molar-refractivity contribution in [1.82, 2.24) is 4.90 Å². The molecule has 0 radical (unpaired) electrons. The number of anilines is 1. The molecular weight excluding hydrogens is 242 g/mol. The van der Waals surface area contributed by atoms with E-state index in [1.165, 1.54) is 4.90 Å². The van der Waals surface area contributed by atoms with Crippen LogP contribution in [0.3, 0.4) is 0 Å². The van der Waals surface area contributed by atoms with Crippen molar-refractivity contribution in [2.24, 2.45) is 11.7 Å². The molecule has 102 valence electrons. The van der Waals surface area contributed by atoms with Crippen LogP contribution in [0, 0.1) is 5.92 Å². The van der Waals surface area contributed by atoms with Crippen LogP contribution < -0.4 is 15.4 Å². The fraction of sp³-hybridized carbons (Fsp3) is 0.357. The maximum Gasteiger partial charge on any atom is 0.320 e. The number of carbonyl (C=O) groups excluding carboxylic acids is 1. The van der Waals surface area contributed by atoms with Crippen molar-refractivity contribution in [1.29, 1.82) is 0 Å². The Morgan fingerprint density at radius 3 is 2.53 bits per heavy atom. The lowest BCUT2D eigenvalue weighted by Crippen LogP contribution is -2.34. The van der Waals surface area contributed by atoms with E-state index < -0.39 is 6.03 Å². The first kappa shape index (κ1) is 13.3. The van der Waals surface area contributed by atoms with Crippen LogP contribution in [-0.4, -0.2) is 24.2 Å². The third-order valence-electron chi connectivity index (χ3n) is 2.77. The van der Waals surface area contributed by atoms with Crippen molar-refractivity contribution in [2.45, 2.75) is 13.8 Å². The molecule has 5 nitrogen and oxygen atoms in total. The van der Waals surface area contributed by atoms with E-state index in [4.69, 9.17) is 10.5 Å². The van der Waals surface area contributed by atoms with E-state index in [1.807, 2.05) is 35.4 Å². The summed E-state index contributed by atoms with van der Waals surface area (Å²) in [6.07, 6.45) is 3.50. The number of hydrogen-bond acceptors (Lipinski definition) is 3. The predicted molar refractivity (Wildman–Crippen MR) is 74.7 cm³/mol. The Bertz CT molecular complexity index is 468. The van der Waals surface area contributed by atoms with Crippen molar-refractivity contribution in [3.8, 4) is 5.75 Å². The van der Waals surface area contributed by atoms with Gasteiger partial charge in [0.2, 0.25) is 0 Å². The number of urea groups is 1. The summed E-state index contributed by atoms with van der Waals surface area (Å²) >= 11 is 0. The molecule has 0 saturated carbocycles. The molecule has 1 aromatic rings. The monoisotopic (exact) mass is 261 g/mol. The van der Waals surface area contributed by atoms with Crippen LogP contribution in [0.15, 0.2) is 36.7 Å². The molecule has 2 rings (SSSR count). The first-order valence-electron chi connectivity index (χ1n) is 6.30. The third-order valence-corrected chi connectivity index (χ3v) is 2.77. The molecule has 0 aliphatic carbocycles. The Morgan fingerprint density at radius 2 is 2.00 bits per heavy atom. The first-order valence-corrected chi connectivity index (χ1v) is 6.30. The zero-order valence-electron chi connectivity index (χ0n) is 11.2. The summed E-state index contributed by atoms with van der Waals surface area (Å²) in [7, 11) is 0. The van der Waals surface area contributed by atoms with Gasteiger partial charge in [0, 0.05) is 18.1 Å². The smallest absolute Gasteiger partial charge is 0.320 e. The number of amides is 2. The highest BCUT2D eigenvalue weighted by Gasteiger charge is 2.17. The second kappa shape index (κ2) is 5.65. The molecule has 2 amide bonds. The Morgan fingerprint density at radius 1 is 1.32 bits per heavy atom. The molecule has 5 heteroatoms. The number of primary amides is 1. The summed E-state index contributed by atoms with van der Waals surface area (Å²) in [6, 6.07) is 7.34. The molecule has 2 N–H and O–H groups in total. The molecule has 1 aliphatic rings. The molecule has 0 saturated heterocycles. The van der Waals surface area contributed by atoms with E-state index >= 15 is 0 Å². The van der Waals surface area contributed by atoms with Gasteiger partial charge in [0.25, 0.3) is 0 Å². The van der Waals surface area contributed by atoms with Crippen LogP contribution >= 0.6 is 0 Å². The largest absolute Gasteiger partial charge is 0.493 e. The van der Waals surface area contributed by atoms with E-state index in [0.717, 1.165) is 11.4 Å². The van der Waals surface area contributed by atoms with Gasteiger partial charge in [-0.15, -0.1) is 0 Å². The van der Waals surface area contributed by atoms with Gasteiger partial charge in [0.1, 0.15) is 12.4 Å². The topological polar surface area (TPSA) is 58.8 Å². The first-order chi connectivity index (χ1) is 9.06. The fourth-order valence-electron chi connectivity index (χ4n) is 1.73. The average molecular weight is 261 g/mol. The summed E-state index contributed by atoms with van der Waals surface area (Å²) in [5.74, 6) is 1.36. The van der Waals surface area contributed by atoms with Gasteiger partial charge in [-0.25, -0.2) is 4.79 Å². The lowest BCUT2D eigenvalue weighted by atomic mass is 10.2. The van der Waals surface area contributed by atoms with E-state index in [-0.39, 0.29) is 0 Å². The van der Waals surface area contributed by atoms with Crippen molar-refractivity contribution < 1.29 is 9.53 Å². The third kappa shape index (κ3) is 3.40. The Kier molecular flexibility index (Phi) is 3.94. The standard InChI is InChI=1S/C14H19N3O2/c1-11(2)9-19-13-5-3-12(4-6-13)16-7-8-17(10-16)14(15)18/h3-8,11H,9-10H2,1-2H3,(H2,15,18). The molecule has 0 atom stereocenters. The molecule has 1 aromatic carbocycles. The number of benzene rings is 1. The van der Waals surface area contributed by atoms with E-state index in [2.05, 4.69) is 13.8 Å². The Balaban J connectivity index is 1.96. The van der Waals surface area contributed by atoms with Gasteiger partial charge < -0.3 is 15.4 Å². The second-order valence-corrected chi connectivity index (χ2v) is 4.92. The molecule has 1 heterocycles. The van der Waals surface area contributed by atoms with Gasteiger partial charge in [0.15, 0.2) is 0 Å². The van der Waals surface area contributed by atoms with Gasteiger partial charge >= 0.3 is 6.03 Å². The maximum absolute atomic E-state index is 11.0. The van der Waals surface area contributed by atoms with Gasteiger partial charge in [-0.05, 0) is 30.2 Å². The average Bonchev–Trinajstić information content (AvgIpc) is 2.86. The van der Waals surface area contributed by atoms with Gasteiger partial charge in [-0.1, -0.05) is 13.8 Å². The van der Waals surface area contributed by atoms with Gasteiger partial charge in [0.05, 0.1) is 6.61 Å². The summed E-state index contributed by atoms with van der Waals surface area (Å²) in [5, 5.41) is 0. The minimum absolute atomic E-state index is 0.446. The zero-order chi connectivity index (χ0) is 13.8. The lowest BCUT2D eigenvalue weighted by molar-refractivity contribution is 0.227. The van der Waals surface area contributed by atoms with Crippen molar-refractivity contribution in [3.63, 3.8) is 0 Å². The second-order valence-electron chi connectivity index (χ2n) is 4.92. The number of ether oxygens (including phenoxy) is 1. The highest BCUT2D eigenvalue weighted by atomic mass is 16.5. The molecule has 1 aliphatic heterocycles. The SMILES string of the molecule is CC(C)COc1ccc(N2C=CN(C(N)=O)C2)cc1. The molecule has 19 heavy (non-hydrogen) atoms. The van der Waals surface area contributed by atoms with Crippen molar-refractivity contribution in [3.05, 3.63) is 36.7 Å². The summed E-state index contributed by atoms with van der Waals surface area (Å²) in [6.45, 7) is 5.38. The summed E-state index contributed by atoms with van der Waals surface area (Å²) < 4.78 is 5.62. The van der Waals surface area contributed by atoms with E-state index in [0.29, 0.717) is 19.2 Å². The Labute approximate surface area is 113 Å². The Hall–Kier alpha value is -2.17. The quantitative estimate of drug-likeness (QED) is 0.905. The van der Waals surface area contributed by atoms with Crippen LogP contribution in [0.2, 0.25) is 0 Å². The minimum Gasteiger partial charge on any atom is -0.493 e. The number of carbonyl (C=O) groups is 1. The molecular formula is C14H19N3O2. The predicted octanol–water partition coefficient (Wildman–Crippen LogP) is 2.35. The minimum atomic E-state index is -0.448. The van der Waals surface area contributed by atoms with E-state index in [1.54, 1.807) is 6.20 Å². The fourth-order valence-corrected chi connectivity index (χ4v) is 1.73. The lowest BCUT2D eigenvalue weighted by Gasteiger charge is -2.19. The summed E-state index contributed by atoms with van der Waals surface area (Å²) in [4.78, 5) is 14.4. The molecule has 0 fully saturated rings. The number of nitrogens with zero attached hydrogens (tertiary/aromatic N) is 2. The molecule has 0 unspecified atom stereocenters. The van der Waals surface area contributed by atoms with Crippen LogP contribution in [-0.2, 0) is 0 Å². The van der Waals surface area contributed by atoms with Gasteiger partial charge in [-0.2, -0.15) is 0 Å². The summed E-state index contributed by atoms with van der Waals surface area (Å²) in [5.41, 5.74) is 6.22. The molecule has 0 bridgehead atoms. The normalized spacial score (nSPS) is 14.3. The maximum atomic E-state index is 11.0. The highest BCUT2D eigenvalue weighted by Crippen LogP contribution is 2.22. The zero-order valence-corrected chi connectivity index (χ0v) is 11.2. The number of nitrogens with two attached hydrogens (primary N) is 1. The molecule has 0 aromatic heterocycles. The van der Waals surface area contributed by atoms with Crippen LogP contribution in [0.1, 0.15) is 13.8 Å². The number of hydrogen-bond donors (Lipinski definition) is 1. The van der Waals surface area contributed by atoms with Gasteiger partial charge in [-0.3, -0.25) is 4.90 Å². The van der Waals surface area contributed by atoms with Crippen molar-refractivity contribution in [2.75, 3.05) is 18.2 Å².